The quantitative estimate of drug-likeness (QED) is 0.597. The zero-order valence-corrected chi connectivity index (χ0v) is 12.0. The third-order valence-corrected chi connectivity index (χ3v) is 3.84. The summed E-state index contributed by atoms with van der Waals surface area (Å²) in [5.41, 5.74) is 0.456. The smallest absolute Gasteiger partial charge is 0.198 e. The average molecular weight is 393 g/mol. The van der Waals surface area contributed by atoms with E-state index < -0.39 is 11.6 Å². The van der Waals surface area contributed by atoms with Crippen LogP contribution >= 0.6 is 34.2 Å². The molecular formula is C11H4ClF2IN4. The molecule has 0 spiro atoms. The zero-order chi connectivity index (χ0) is 13.6. The van der Waals surface area contributed by atoms with E-state index in [1.807, 2.05) is 0 Å². The fraction of sp³-hybridized carbons (Fsp3) is 0. The van der Waals surface area contributed by atoms with Crippen molar-refractivity contribution in [2.75, 3.05) is 0 Å². The molecule has 0 aliphatic heterocycles. The van der Waals surface area contributed by atoms with Gasteiger partial charge in [-0.05, 0) is 28.7 Å². The number of hydrogen-bond acceptors (Lipinski definition) is 3. The molecule has 0 aliphatic carbocycles. The second-order valence-electron chi connectivity index (χ2n) is 3.68. The van der Waals surface area contributed by atoms with Gasteiger partial charge in [-0.1, -0.05) is 11.6 Å². The highest BCUT2D eigenvalue weighted by atomic mass is 127. The molecule has 96 valence electrons. The van der Waals surface area contributed by atoms with Crippen LogP contribution in [0.5, 0.6) is 0 Å². The van der Waals surface area contributed by atoms with Crippen LogP contribution in [0.2, 0.25) is 5.02 Å². The summed E-state index contributed by atoms with van der Waals surface area (Å²) >= 11 is 7.57. The van der Waals surface area contributed by atoms with Crippen LogP contribution in [0, 0.1) is 15.2 Å². The van der Waals surface area contributed by atoms with E-state index in [9.17, 15) is 8.78 Å². The minimum Gasteiger partial charge on any atom is -0.277 e. The maximum atomic E-state index is 13.9. The Morgan fingerprint density at radius 3 is 2.79 bits per heavy atom. The van der Waals surface area contributed by atoms with E-state index in [4.69, 9.17) is 11.6 Å². The maximum Gasteiger partial charge on any atom is 0.198 e. The highest BCUT2D eigenvalue weighted by Crippen LogP contribution is 2.27. The number of pyridine rings is 2. The number of aromatic nitrogens is 4. The monoisotopic (exact) mass is 392 g/mol. The van der Waals surface area contributed by atoms with Gasteiger partial charge in [0, 0.05) is 24.2 Å². The Kier molecular flexibility index (Phi) is 3.09. The van der Waals surface area contributed by atoms with E-state index in [1.165, 1.54) is 16.8 Å². The van der Waals surface area contributed by atoms with Crippen LogP contribution in [0.25, 0.3) is 17.0 Å². The average Bonchev–Trinajstić information content (AvgIpc) is 2.80. The SMILES string of the molecule is Fc1cn2c(-c3ccncc3Cl)nnc2c(F)c1I. The fourth-order valence-corrected chi connectivity index (χ4v) is 2.26. The van der Waals surface area contributed by atoms with Crippen molar-refractivity contribution in [1.29, 1.82) is 0 Å². The molecule has 0 unspecified atom stereocenters. The first-order valence-corrected chi connectivity index (χ1v) is 6.53. The number of rotatable bonds is 1. The van der Waals surface area contributed by atoms with E-state index >= 15 is 0 Å². The van der Waals surface area contributed by atoms with Gasteiger partial charge in [-0.3, -0.25) is 9.38 Å². The number of halogens is 4. The van der Waals surface area contributed by atoms with Crippen LogP contribution in [0.15, 0.2) is 24.7 Å². The van der Waals surface area contributed by atoms with Gasteiger partial charge in [0.1, 0.15) is 0 Å². The Morgan fingerprint density at radius 2 is 2.05 bits per heavy atom. The normalized spacial score (nSPS) is 11.2. The summed E-state index contributed by atoms with van der Waals surface area (Å²) in [6.07, 6.45) is 4.07. The molecule has 0 fully saturated rings. The van der Waals surface area contributed by atoms with Crippen LogP contribution in [-0.2, 0) is 0 Å². The molecule has 4 nitrogen and oxygen atoms in total. The molecule has 19 heavy (non-hydrogen) atoms. The van der Waals surface area contributed by atoms with Gasteiger partial charge in [0.2, 0.25) is 0 Å². The van der Waals surface area contributed by atoms with Gasteiger partial charge < -0.3 is 0 Å². The Balaban J connectivity index is 2.36. The van der Waals surface area contributed by atoms with E-state index in [2.05, 4.69) is 15.2 Å². The number of nitrogens with zero attached hydrogens (tertiary/aromatic N) is 4. The lowest BCUT2D eigenvalue weighted by Gasteiger charge is -2.03. The van der Waals surface area contributed by atoms with Crippen molar-refractivity contribution in [3.63, 3.8) is 0 Å². The van der Waals surface area contributed by atoms with Gasteiger partial charge in [0.25, 0.3) is 0 Å². The lowest BCUT2D eigenvalue weighted by molar-refractivity contribution is 0.564. The molecule has 0 N–H and O–H groups in total. The highest BCUT2D eigenvalue weighted by Gasteiger charge is 2.18. The molecule has 8 heteroatoms. The van der Waals surface area contributed by atoms with E-state index in [1.54, 1.807) is 28.7 Å². The first kappa shape index (κ1) is 12.7. The summed E-state index contributed by atoms with van der Waals surface area (Å²) in [6, 6.07) is 1.60. The summed E-state index contributed by atoms with van der Waals surface area (Å²) in [4.78, 5) is 3.85. The molecule has 0 aromatic carbocycles. The van der Waals surface area contributed by atoms with E-state index in [-0.39, 0.29) is 15.0 Å². The summed E-state index contributed by atoms with van der Waals surface area (Å²) in [5.74, 6) is -1.17. The standard InChI is InChI=1S/C11H4ClF2IN4/c12-6-3-16-2-1-5(6)10-17-18-11-8(14)9(15)7(13)4-19(10)11/h1-4H. The highest BCUT2D eigenvalue weighted by molar-refractivity contribution is 14.1. The van der Waals surface area contributed by atoms with Gasteiger partial charge in [-0.2, -0.15) is 0 Å². The topological polar surface area (TPSA) is 43.1 Å². The second kappa shape index (κ2) is 4.64. The second-order valence-corrected chi connectivity index (χ2v) is 5.16. The largest absolute Gasteiger partial charge is 0.277 e. The van der Waals surface area contributed by atoms with Gasteiger partial charge in [-0.25, -0.2) is 8.78 Å². The maximum absolute atomic E-state index is 13.9. The summed E-state index contributed by atoms with van der Waals surface area (Å²) < 4.78 is 28.6. The minimum absolute atomic E-state index is 0.0475. The summed E-state index contributed by atoms with van der Waals surface area (Å²) in [5, 5.41) is 7.92. The van der Waals surface area contributed by atoms with Crippen LogP contribution in [0.1, 0.15) is 0 Å². The fourth-order valence-electron chi connectivity index (χ4n) is 1.68. The zero-order valence-electron chi connectivity index (χ0n) is 9.11. The molecule has 0 saturated heterocycles. The number of fused-ring (bicyclic) bond motifs is 1. The molecule has 0 atom stereocenters. The lowest BCUT2D eigenvalue weighted by atomic mass is 10.2. The summed E-state index contributed by atoms with van der Waals surface area (Å²) in [6.45, 7) is 0. The number of hydrogen-bond donors (Lipinski definition) is 0. The molecule has 0 saturated carbocycles. The Labute approximate surface area is 124 Å². The molecule has 0 amide bonds. The first-order valence-electron chi connectivity index (χ1n) is 5.07. The Bertz CT molecular complexity index is 790. The van der Waals surface area contributed by atoms with Crippen LogP contribution in [-0.4, -0.2) is 19.6 Å². The molecule has 0 radical (unpaired) electrons. The lowest BCUT2D eigenvalue weighted by Crippen LogP contribution is -1.98. The molecule has 3 aromatic heterocycles. The molecule has 3 rings (SSSR count). The predicted octanol–water partition coefficient (Wildman–Crippen LogP) is 3.33. The predicted molar refractivity (Wildman–Crippen MR) is 73.9 cm³/mol. The van der Waals surface area contributed by atoms with Crippen molar-refractivity contribution in [3.05, 3.63) is 44.9 Å². The third kappa shape index (κ3) is 1.96. The minimum atomic E-state index is -0.746. The van der Waals surface area contributed by atoms with Gasteiger partial charge in [-0.15, -0.1) is 10.2 Å². The van der Waals surface area contributed by atoms with E-state index in [0.717, 1.165) is 6.20 Å². The van der Waals surface area contributed by atoms with Crippen LogP contribution in [0.3, 0.4) is 0 Å². The molecule has 3 aromatic rings. The van der Waals surface area contributed by atoms with Crippen molar-refractivity contribution in [1.82, 2.24) is 19.6 Å². The molecular weight excluding hydrogens is 389 g/mol. The molecule has 3 heterocycles. The Morgan fingerprint density at radius 1 is 1.26 bits per heavy atom. The van der Waals surface area contributed by atoms with Crippen LogP contribution in [0.4, 0.5) is 8.78 Å². The van der Waals surface area contributed by atoms with E-state index in [0.29, 0.717) is 10.6 Å². The van der Waals surface area contributed by atoms with Crippen molar-refractivity contribution in [2.45, 2.75) is 0 Å². The third-order valence-electron chi connectivity index (χ3n) is 2.55. The molecule has 0 bridgehead atoms. The first-order chi connectivity index (χ1) is 9.09. The van der Waals surface area contributed by atoms with Crippen molar-refractivity contribution >= 4 is 39.8 Å². The van der Waals surface area contributed by atoms with Crippen molar-refractivity contribution in [3.8, 4) is 11.4 Å². The van der Waals surface area contributed by atoms with Crippen molar-refractivity contribution in [2.24, 2.45) is 0 Å². The summed E-state index contributed by atoms with van der Waals surface area (Å²) in [7, 11) is 0. The van der Waals surface area contributed by atoms with Crippen LogP contribution < -0.4 is 0 Å². The van der Waals surface area contributed by atoms with Crippen molar-refractivity contribution < 1.29 is 8.78 Å². The van der Waals surface area contributed by atoms with Gasteiger partial charge >= 0.3 is 0 Å². The van der Waals surface area contributed by atoms with Gasteiger partial charge in [0.05, 0.1) is 8.59 Å². The molecule has 0 aliphatic rings. The van der Waals surface area contributed by atoms with Gasteiger partial charge in [0.15, 0.2) is 23.1 Å². The Hall–Kier alpha value is -1.35.